The number of nitrogens with one attached hydrogen (secondary N) is 2. The maximum Gasteiger partial charge on any atom is 0.148 e. The number of thiophene rings is 1. The molecule has 7 heteroatoms. The molecule has 25 heavy (non-hydrogen) atoms. The Hall–Kier alpha value is -1.08. The number of halogens is 1. The van der Waals surface area contributed by atoms with Crippen LogP contribution in [0, 0.1) is 0 Å². The van der Waals surface area contributed by atoms with Gasteiger partial charge in [0.15, 0.2) is 0 Å². The molecular formula is C18H25ClN4OS. The van der Waals surface area contributed by atoms with E-state index in [9.17, 15) is 0 Å². The van der Waals surface area contributed by atoms with Crippen molar-refractivity contribution in [3.05, 3.63) is 33.1 Å². The van der Waals surface area contributed by atoms with Gasteiger partial charge in [0.1, 0.15) is 5.82 Å². The third kappa shape index (κ3) is 4.97. The number of H-pyrrole nitrogens is 1. The number of nitrogens with zero attached hydrogens (tertiary/aromatic N) is 2. The van der Waals surface area contributed by atoms with E-state index in [0.29, 0.717) is 12.0 Å². The van der Waals surface area contributed by atoms with Gasteiger partial charge in [0, 0.05) is 29.1 Å². The van der Waals surface area contributed by atoms with E-state index in [2.05, 4.69) is 32.5 Å². The third-order valence-corrected chi connectivity index (χ3v) is 6.21. The highest BCUT2D eigenvalue weighted by atomic mass is 35.5. The van der Waals surface area contributed by atoms with Crippen LogP contribution in [-0.4, -0.2) is 47.4 Å². The molecule has 1 saturated heterocycles. The lowest BCUT2D eigenvalue weighted by Crippen LogP contribution is -2.35. The van der Waals surface area contributed by atoms with E-state index in [-0.39, 0.29) is 0 Å². The number of aromatic nitrogens is 2. The van der Waals surface area contributed by atoms with Gasteiger partial charge in [-0.05, 0) is 50.9 Å². The quantitative estimate of drug-likeness (QED) is 0.724. The van der Waals surface area contributed by atoms with Crippen molar-refractivity contribution in [2.75, 3.05) is 31.6 Å². The monoisotopic (exact) mass is 380 g/mol. The highest BCUT2D eigenvalue weighted by Gasteiger charge is 2.24. The number of rotatable bonds is 8. The molecule has 0 bridgehead atoms. The van der Waals surface area contributed by atoms with Crippen molar-refractivity contribution in [1.82, 2.24) is 15.1 Å². The van der Waals surface area contributed by atoms with Crippen LogP contribution in [0.3, 0.4) is 0 Å². The lowest BCUT2D eigenvalue weighted by Gasteiger charge is -2.31. The van der Waals surface area contributed by atoms with Gasteiger partial charge in [-0.25, -0.2) is 0 Å². The lowest BCUT2D eigenvalue weighted by atomic mass is 9.93. The van der Waals surface area contributed by atoms with Gasteiger partial charge in [0.2, 0.25) is 0 Å². The predicted octanol–water partition coefficient (Wildman–Crippen LogP) is 4.10. The smallest absolute Gasteiger partial charge is 0.148 e. The Kier molecular flexibility index (Phi) is 5.60. The van der Waals surface area contributed by atoms with Gasteiger partial charge in [0.25, 0.3) is 0 Å². The number of anilines is 1. The van der Waals surface area contributed by atoms with Crippen LogP contribution in [0.5, 0.6) is 0 Å². The van der Waals surface area contributed by atoms with E-state index < -0.39 is 0 Å². The summed E-state index contributed by atoms with van der Waals surface area (Å²) in [6.45, 7) is 5.02. The number of hydrogen-bond acceptors (Lipinski definition) is 5. The van der Waals surface area contributed by atoms with Crippen LogP contribution in [-0.2, 0) is 11.3 Å². The Morgan fingerprint density at radius 2 is 2.12 bits per heavy atom. The minimum Gasteiger partial charge on any atom is -0.377 e. The first kappa shape index (κ1) is 17.3. The molecule has 0 aromatic carbocycles. The molecule has 1 aliphatic heterocycles. The van der Waals surface area contributed by atoms with E-state index in [4.69, 9.17) is 16.3 Å². The van der Waals surface area contributed by atoms with Crippen LogP contribution < -0.4 is 5.32 Å². The summed E-state index contributed by atoms with van der Waals surface area (Å²) in [5, 5.41) is 11.0. The average molecular weight is 381 g/mol. The second-order valence-electron chi connectivity index (χ2n) is 6.95. The van der Waals surface area contributed by atoms with Gasteiger partial charge in [-0.1, -0.05) is 11.6 Å². The summed E-state index contributed by atoms with van der Waals surface area (Å²) in [7, 11) is 0. The van der Waals surface area contributed by atoms with E-state index in [0.717, 1.165) is 42.9 Å². The fourth-order valence-corrected chi connectivity index (χ4v) is 4.34. The maximum absolute atomic E-state index is 5.97. The molecule has 2 N–H and O–H groups in total. The molecule has 4 rings (SSSR count). The standard InChI is InChI=1S/C18H25ClN4OS/c19-17-4-3-15(25-17)12-20-18-11-16(21-22-18)13-5-7-23(8-6-13)9-10-24-14-1-2-14/h3-4,11,13-14H,1-2,5-10,12H2,(H2,20,21,22). The Balaban J connectivity index is 1.20. The van der Waals surface area contributed by atoms with E-state index in [1.807, 2.05) is 6.07 Å². The average Bonchev–Trinajstić information content (AvgIpc) is 3.16. The van der Waals surface area contributed by atoms with Gasteiger partial charge in [-0.2, -0.15) is 5.10 Å². The highest BCUT2D eigenvalue weighted by Crippen LogP contribution is 2.29. The van der Waals surface area contributed by atoms with Crippen molar-refractivity contribution in [2.24, 2.45) is 0 Å². The normalized spacial score (nSPS) is 19.4. The predicted molar refractivity (Wildman–Crippen MR) is 103 cm³/mol. The summed E-state index contributed by atoms with van der Waals surface area (Å²) in [6, 6.07) is 6.14. The number of likely N-dealkylation sites (tertiary alicyclic amines) is 1. The molecule has 2 aromatic heterocycles. The zero-order chi connectivity index (χ0) is 17.1. The minimum absolute atomic E-state index is 0.568. The zero-order valence-corrected chi connectivity index (χ0v) is 15.9. The highest BCUT2D eigenvalue weighted by molar-refractivity contribution is 7.16. The zero-order valence-electron chi connectivity index (χ0n) is 14.3. The summed E-state index contributed by atoms with van der Waals surface area (Å²) in [5.74, 6) is 1.50. The third-order valence-electron chi connectivity index (χ3n) is 4.98. The molecule has 136 valence electrons. The molecule has 0 unspecified atom stereocenters. The van der Waals surface area contributed by atoms with E-state index in [1.165, 1.54) is 36.3 Å². The number of aromatic amines is 1. The second-order valence-corrected chi connectivity index (χ2v) is 8.75. The molecular weight excluding hydrogens is 356 g/mol. The van der Waals surface area contributed by atoms with Gasteiger partial charge in [-0.15, -0.1) is 11.3 Å². The van der Waals surface area contributed by atoms with Crippen molar-refractivity contribution in [3.63, 3.8) is 0 Å². The molecule has 5 nitrogen and oxygen atoms in total. The maximum atomic E-state index is 5.97. The molecule has 2 aromatic rings. The van der Waals surface area contributed by atoms with Crippen LogP contribution in [0.1, 0.15) is 42.2 Å². The number of piperidine rings is 1. The summed E-state index contributed by atoms with van der Waals surface area (Å²) < 4.78 is 6.59. The van der Waals surface area contributed by atoms with Gasteiger partial charge in [-0.3, -0.25) is 5.10 Å². The summed E-state index contributed by atoms with van der Waals surface area (Å²) >= 11 is 7.57. The van der Waals surface area contributed by atoms with Gasteiger partial charge in [0.05, 0.1) is 23.6 Å². The molecule has 1 aliphatic carbocycles. The van der Waals surface area contributed by atoms with Crippen LogP contribution in [0.15, 0.2) is 18.2 Å². The molecule has 2 fully saturated rings. The number of ether oxygens (including phenoxy) is 1. The fourth-order valence-electron chi connectivity index (χ4n) is 3.31. The molecule has 0 amide bonds. The molecule has 0 atom stereocenters. The van der Waals surface area contributed by atoms with Crippen molar-refractivity contribution in [3.8, 4) is 0 Å². The summed E-state index contributed by atoms with van der Waals surface area (Å²) in [4.78, 5) is 3.74. The largest absolute Gasteiger partial charge is 0.377 e. The molecule has 2 aliphatic rings. The summed E-state index contributed by atoms with van der Waals surface area (Å²) in [6.07, 6.45) is 5.46. The minimum atomic E-state index is 0.568. The van der Waals surface area contributed by atoms with E-state index in [1.54, 1.807) is 11.3 Å². The summed E-state index contributed by atoms with van der Waals surface area (Å²) in [5.41, 5.74) is 1.25. The fraction of sp³-hybridized carbons (Fsp3) is 0.611. The van der Waals surface area contributed by atoms with Crippen LogP contribution in [0.2, 0.25) is 4.34 Å². The first-order valence-electron chi connectivity index (χ1n) is 9.13. The molecule has 0 radical (unpaired) electrons. The molecule has 1 saturated carbocycles. The van der Waals surface area contributed by atoms with Crippen LogP contribution in [0.25, 0.3) is 0 Å². The van der Waals surface area contributed by atoms with Gasteiger partial charge >= 0.3 is 0 Å². The molecule has 3 heterocycles. The Labute approximate surface area is 157 Å². The van der Waals surface area contributed by atoms with Crippen molar-refractivity contribution in [2.45, 2.75) is 44.2 Å². The second kappa shape index (κ2) is 8.08. The Bertz CT molecular complexity index is 676. The first-order valence-corrected chi connectivity index (χ1v) is 10.3. The lowest BCUT2D eigenvalue weighted by molar-refractivity contribution is 0.0831. The van der Waals surface area contributed by atoms with Crippen molar-refractivity contribution < 1.29 is 4.74 Å². The van der Waals surface area contributed by atoms with Crippen molar-refractivity contribution >= 4 is 28.8 Å². The van der Waals surface area contributed by atoms with Crippen LogP contribution in [0.4, 0.5) is 5.82 Å². The Morgan fingerprint density at radius 3 is 2.84 bits per heavy atom. The Morgan fingerprint density at radius 1 is 1.28 bits per heavy atom. The first-order chi connectivity index (χ1) is 12.3. The SMILES string of the molecule is Clc1ccc(CNc2cc(C3CCN(CCOC4CC4)CC3)[nH]n2)s1. The topological polar surface area (TPSA) is 53.2 Å². The van der Waals surface area contributed by atoms with Gasteiger partial charge < -0.3 is 15.0 Å². The molecule has 0 spiro atoms. The number of hydrogen-bond donors (Lipinski definition) is 2. The van der Waals surface area contributed by atoms with Crippen molar-refractivity contribution in [1.29, 1.82) is 0 Å². The van der Waals surface area contributed by atoms with Crippen LogP contribution >= 0.6 is 22.9 Å². The van der Waals surface area contributed by atoms with E-state index >= 15 is 0 Å².